The highest BCUT2D eigenvalue weighted by atomic mass is 16.5. The number of rotatable bonds is 8. The molecular weight excluding hydrogens is 352 g/mol. The Labute approximate surface area is 167 Å². The molecule has 5 heteroatoms. The fourth-order valence-electron chi connectivity index (χ4n) is 3.00. The molecule has 1 aliphatic rings. The summed E-state index contributed by atoms with van der Waals surface area (Å²) in [7, 11) is 0. The summed E-state index contributed by atoms with van der Waals surface area (Å²) in [6, 6.07) is 15.7. The highest BCUT2D eigenvalue weighted by Gasteiger charge is 2.11. The van der Waals surface area contributed by atoms with Crippen LogP contribution in [0, 0.1) is 0 Å². The molecule has 1 saturated heterocycles. The molecule has 1 amide bonds. The van der Waals surface area contributed by atoms with Gasteiger partial charge in [0.05, 0.1) is 19.8 Å². The first-order valence-electron chi connectivity index (χ1n) is 9.90. The molecule has 0 bridgehead atoms. The van der Waals surface area contributed by atoms with E-state index in [0.29, 0.717) is 6.61 Å². The number of para-hydroxylation sites is 1. The summed E-state index contributed by atoms with van der Waals surface area (Å²) in [6.45, 7) is 6.12. The van der Waals surface area contributed by atoms with Crippen LogP contribution in [0.1, 0.15) is 25.3 Å². The number of carbonyl (C=O) groups is 1. The highest BCUT2D eigenvalue weighted by molar-refractivity contribution is 6.02. The number of hydrogen-bond donors (Lipinski definition) is 1. The first-order chi connectivity index (χ1) is 13.8. The Balaban J connectivity index is 1.56. The van der Waals surface area contributed by atoms with E-state index in [2.05, 4.69) is 17.1 Å². The van der Waals surface area contributed by atoms with Gasteiger partial charge < -0.3 is 19.7 Å². The average molecular weight is 380 g/mol. The molecule has 2 aromatic carbocycles. The van der Waals surface area contributed by atoms with Crippen molar-refractivity contribution in [1.82, 2.24) is 0 Å². The lowest BCUT2D eigenvalue weighted by molar-refractivity contribution is -0.111. The van der Waals surface area contributed by atoms with Crippen molar-refractivity contribution in [3.8, 4) is 5.75 Å². The summed E-state index contributed by atoms with van der Waals surface area (Å²) in [4.78, 5) is 14.6. The molecule has 1 heterocycles. The number of amides is 1. The quantitative estimate of drug-likeness (QED) is 0.546. The van der Waals surface area contributed by atoms with Gasteiger partial charge in [-0.2, -0.15) is 0 Å². The van der Waals surface area contributed by atoms with Gasteiger partial charge in [0.2, 0.25) is 5.91 Å². The van der Waals surface area contributed by atoms with Gasteiger partial charge in [-0.3, -0.25) is 4.79 Å². The lowest BCUT2D eigenvalue weighted by Crippen LogP contribution is -2.36. The number of nitrogens with one attached hydrogen (secondary N) is 1. The predicted octanol–water partition coefficient (Wildman–Crippen LogP) is 4.35. The Kier molecular flexibility index (Phi) is 7.50. The van der Waals surface area contributed by atoms with Crippen LogP contribution in [0.5, 0.6) is 5.75 Å². The molecule has 1 N–H and O–H groups in total. The number of anilines is 2. The molecule has 0 saturated carbocycles. The second-order valence-corrected chi connectivity index (χ2v) is 6.71. The minimum absolute atomic E-state index is 0.164. The average Bonchev–Trinajstić information content (AvgIpc) is 2.74. The predicted molar refractivity (Wildman–Crippen MR) is 114 cm³/mol. The molecule has 0 aliphatic carbocycles. The SMILES string of the molecule is CCCCOc1ccccc1/C=C/C(=O)Nc1ccc(N2CCOCC2)cc1. The summed E-state index contributed by atoms with van der Waals surface area (Å²) in [5.74, 6) is 0.636. The minimum Gasteiger partial charge on any atom is -0.493 e. The van der Waals surface area contributed by atoms with Crippen LogP contribution in [0.3, 0.4) is 0 Å². The Morgan fingerprint density at radius 2 is 1.89 bits per heavy atom. The van der Waals surface area contributed by atoms with Crippen LogP contribution in [-0.2, 0) is 9.53 Å². The maximum absolute atomic E-state index is 12.3. The third-order valence-corrected chi connectivity index (χ3v) is 4.60. The third-order valence-electron chi connectivity index (χ3n) is 4.60. The van der Waals surface area contributed by atoms with Crippen molar-refractivity contribution in [3.05, 3.63) is 60.2 Å². The number of nitrogens with zero attached hydrogens (tertiary/aromatic N) is 1. The van der Waals surface area contributed by atoms with Gasteiger partial charge >= 0.3 is 0 Å². The molecule has 1 aliphatic heterocycles. The smallest absolute Gasteiger partial charge is 0.248 e. The van der Waals surface area contributed by atoms with E-state index in [0.717, 1.165) is 61.8 Å². The summed E-state index contributed by atoms with van der Waals surface area (Å²) in [5.41, 5.74) is 2.82. The lowest BCUT2D eigenvalue weighted by Gasteiger charge is -2.28. The number of unbranched alkanes of at least 4 members (excludes halogenated alkanes) is 1. The molecule has 3 rings (SSSR count). The maximum atomic E-state index is 12.3. The van der Waals surface area contributed by atoms with E-state index in [1.807, 2.05) is 48.5 Å². The normalized spacial score (nSPS) is 14.2. The Morgan fingerprint density at radius 1 is 1.14 bits per heavy atom. The topological polar surface area (TPSA) is 50.8 Å². The van der Waals surface area contributed by atoms with Crippen LogP contribution in [-0.4, -0.2) is 38.8 Å². The molecule has 28 heavy (non-hydrogen) atoms. The van der Waals surface area contributed by atoms with Crippen LogP contribution in [0.4, 0.5) is 11.4 Å². The van der Waals surface area contributed by atoms with Gasteiger partial charge in [-0.1, -0.05) is 31.5 Å². The zero-order valence-electron chi connectivity index (χ0n) is 16.4. The van der Waals surface area contributed by atoms with Crippen LogP contribution in [0.15, 0.2) is 54.6 Å². The Bertz CT molecular complexity index is 781. The molecule has 0 unspecified atom stereocenters. The first-order valence-corrected chi connectivity index (χ1v) is 9.90. The van der Waals surface area contributed by atoms with Crippen molar-refractivity contribution in [3.63, 3.8) is 0 Å². The van der Waals surface area contributed by atoms with Gasteiger partial charge in [0.1, 0.15) is 5.75 Å². The van der Waals surface area contributed by atoms with Crippen LogP contribution in [0.25, 0.3) is 6.08 Å². The van der Waals surface area contributed by atoms with E-state index in [1.165, 1.54) is 6.08 Å². The van der Waals surface area contributed by atoms with Crippen molar-refractivity contribution in [2.24, 2.45) is 0 Å². The molecule has 0 aromatic heterocycles. The van der Waals surface area contributed by atoms with Gasteiger partial charge in [-0.05, 0) is 42.8 Å². The number of benzene rings is 2. The molecule has 148 valence electrons. The highest BCUT2D eigenvalue weighted by Crippen LogP contribution is 2.21. The van der Waals surface area contributed by atoms with Gasteiger partial charge in [0.25, 0.3) is 0 Å². The van der Waals surface area contributed by atoms with E-state index in [-0.39, 0.29) is 5.91 Å². The monoisotopic (exact) mass is 380 g/mol. The Hall–Kier alpha value is -2.79. The molecule has 0 radical (unpaired) electrons. The maximum Gasteiger partial charge on any atom is 0.248 e. The first kappa shape index (κ1) is 20.0. The van der Waals surface area contributed by atoms with Crippen molar-refractivity contribution in [2.75, 3.05) is 43.1 Å². The van der Waals surface area contributed by atoms with Crippen LogP contribution >= 0.6 is 0 Å². The summed E-state index contributed by atoms with van der Waals surface area (Å²) in [5, 5.41) is 2.90. The largest absolute Gasteiger partial charge is 0.493 e. The molecule has 0 spiro atoms. The second-order valence-electron chi connectivity index (χ2n) is 6.71. The minimum atomic E-state index is -0.164. The molecular formula is C23H28N2O3. The zero-order valence-corrected chi connectivity index (χ0v) is 16.4. The summed E-state index contributed by atoms with van der Waals surface area (Å²) >= 11 is 0. The molecule has 1 fully saturated rings. The summed E-state index contributed by atoms with van der Waals surface area (Å²) in [6.07, 6.45) is 5.43. The Morgan fingerprint density at radius 3 is 2.64 bits per heavy atom. The van der Waals surface area contributed by atoms with Gasteiger partial charge in [-0.15, -0.1) is 0 Å². The van der Waals surface area contributed by atoms with E-state index < -0.39 is 0 Å². The number of morpholine rings is 1. The van der Waals surface area contributed by atoms with Crippen LogP contribution in [0.2, 0.25) is 0 Å². The van der Waals surface area contributed by atoms with Crippen molar-refractivity contribution in [2.45, 2.75) is 19.8 Å². The lowest BCUT2D eigenvalue weighted by atomic mass is 10.2. The van der Waals surface area contributed by atoms with Crippen molar-refractivity contribution < 1.29 is 14.3 Å². The summed E-state index contributed by atoms with van der Waals surface area (Å²) < 4.78 is 11.2. The van der Waals surface area contributed by atoms with Gasteiger partial charge in [0.15, 0.2) is 0 Å². The second kappa shape index (κ2) is 10.5. The fraction of sp³-hybridized carbons (Fsp3) is 0.348. The molecule has 5 nitrogen and oxygen atoms in total. The fourth-order valence-corrected chi connectivity index (χ4v) is 3.00. The standard InChI is InChI=1S/C23H28N2O3/c1-2-3-16-28-22-7-5-4-6-19(22)8-13-23(26)24-20-9-11-21(12-10-20)25-14-17-27-18-15-25/h4-13H,2-3,14-18H2,1H3,(H,24,26)/b13-8+. The zero-order chi connectivity index (χ0) is 19.6. The molecule has 2 aromatic rings. The van der Waals surface area contributed by atoms with E-state index in [9.17, 15) is 4.79 Å². The van der Waals surface area contributed by atoms with Gasteiger partial charge in [-0.25, -0.2) is 0 Å². The number of hydrogen-bond acceptors (Lipinski definition) is 4. The number of carbonyl (C=O) groups excluding carboxylic acids is 1. The van der Waals surface area contributed by atoms with E-state index >= 15 is 0 Å². The molecule has 0 atom stereocenters. The van der Waals surface area contributed by atoms with E-state index in [4.69, 9.17) is 9.47 Å². The van der Waals surface area contributed by atoms with Crippen molar-refractivity contribution in [1.29, 1.82) is 0 Å². The third kappa shape index (κ3) is 5.86. The van der Waals surface area contributed by atoms with Crippen LogP contribution < -0.4 is 15.0 Å². The number of ether oxygens (including phenoxy) is 2. The van der Waals surface area contributed by atoms with Gasteiger partial charge in [0, 0.05) is 36.1 Å². The van der Waals surface area contributed by atoms with Crippen molar-refractivity contribution >= 4 is 23.4 Å². The van der Waals surface area contributed by atoms with E-state index in [1.54, 1.807) is 6.08 Å².